The lowest BCUT2D eigenvalue weighted by molar-refractivity contribution is 0.475. The first-order valence-electron chi connectivity index (χ1n) is 46.4. The number of phenolic OH excluding ortho intramolecular Hbond substituents is 6. The third-order valence-corrected chi connectivity index (χ3v) is 26.4. The van der Waals surface area contributed by atoms with Crippen LogP contribution >= 0.6 is 0 Å². The summed E-state index contributed by atoms with van der Waals surface area (Å²) in [6.07, 6.45) is 0. The highest BCUT2D eigenvalue weighted by molar-refractivity contribution is 6.29. The second-order valence-corrected chi connectivity index (χ2v) is 34.7. The molecule has 654 valence electrons. The van der Waals surface area contributed by atoms with E-state index in [1.807, 2.05) is 72.8 Å². The van der Waals surface area contributed by atoms with Crippen molar-refractivity contribution < 1.29 is 30.6 Å². The average Bonchev–Trinajstić information content (AvgIpc) is 0.677. The van der Waals surface area contributed by atoms with Gasteiger partial charge in [-0.3, -0.25) is 0 Å². The molecule has 0 aliphatic heterocycles. The summed E-state index contributed by atoms with van der Waals surface area (Å²) in [6.45, 7) is 0. The van der Waals surface area contributed by atoms with E-state index >= 15 is 0 Å². The van der Waals surface area contributed by atoms with Gasteiger partial charge in [0.2, 0.25) is 0 Å². The molecule has 22 aromatic rings. The molecule has 138 heavy (non-hydrogen) atoms. The lowest BCUT2D eigenvalue weighted by atomic mass is 9.65. The van der Waals surface area contributed by atoms with Crippen molar-refractivity contribution in [2.24, 2.45) is 0 Å². The van der Waals surface area contributed by atoms with Crippen molar-refractivity contribution in [3.05, 3.63) is 510 Å². The van der Waals surface area contributed by atoms with Crippen LogP contribution in [0.1, 0.15) is 0 Å². The number of rotatable bonds is 21. The molecule has 22 aromatic carbocycles. The zero-order valence-electron chi connectivity index (χ0n) is 75.2. The summed E-state index contributed by atoms with van der Waals surface area (Å²) in [6, 6.07) is 176. The van der Waals surface area contributed by atoms with Gasteiger partial charge >= 0.3 is 0 Å². The van der Waals surface area contributed by atoms with Gasteiger partial charge in [-0.15, -0.1) is 0 Å². The molecule has 0 radical (unpaired) electrons. The second-order valence-electron chi connectivity index (χ2n) is 34.7. The summed E-state index contributed by atoms with van der Waals surface area (Å²) in [7, 11) is 0. The standard InChI is InChI=1S/C132H90O6/c133-103-73-61-97(62-74-103)112-109(85-37-13-1-14-38-85)118(88-43-19-4-20-44-88)127(121(91-49-25-7-26-50-91)115(112)100-67-79-106(136)80-68-100)130-124(94-55-31-10-32-56-94)131(128-119(89-45-21-5-22-46-89)110(86-39-15-2-16-40-86)113(98-63-75-104(134)76-64-98)116(101-69-81-107(137)82-70-101)122(128)92-51-27-8-28-52-92)126(96-59-35-12-36-60-96)132(125(130)95-57-33-11-34-58-95)129-120(90-47-23-6-24-48-90)111(87-41-17-3-18-42-87)114(99-65-77-105(135)78-66-99)117(102-71-83-108(138)84-72-102)123(129)93-53-29-9-30-54-93/h1-84,133-138H. The summed E-state index contributed by atoms with van der Waals surface area (Å²) >= 11 is 0. The lowest BCUT2D eigenvalue weighted by Gasteiger charge is -2.37. The Morgan fingerprint density at radius 3 is 0.217 bits per heavy atom. The Kier molecular flexibility index (Phi) is 23.0. The first-order valence-corrected chi connectivity index (χ1v) is 46.4. The quantitative estimate of drug-likeness (QED) is 0.0426. The Morgan fingerprint density at radius 2 is 0.130 bits per heavy atom. The summed E-state index contributed by atoms with van der Waals surface area (Å²) in [5.41, 5.74) is 35.7. The van der Waals surface area contributed by atoms with Crippen LogP contribution < -0.4 is 0 Å². The third kappa shape index (κ3) is 15.9. The van der Waals surface area contributed by atoms with E-state index in [4.69, 9.17) is 0 Å². The number of benzene rings is 22. The summed E-state index contributed by atoms with van der Waals surface area (Å²) in [4.78, 5) is 0. The predicted molar refractivity (Wildman–Crippen MR) is 571 cm³/mol. The summed E-state index contributed by atoms with van der Waals surface area (Å²) in [5.74, 6) is 0.554. The van der Waals surface area contributed by atoms with E-state index in [1.165, 1.54) is 0 Å². The molecule has 0 saturated heterocycles. The van der Waals surface area contributed by atoms with E-state index < -0.39 is 0 Å². The fraction of sp³-hybridized carbons (Fsp3) is 0. The molecule has 0 atom stereocenters. The van der Waals surface area contributed by atoms with Crippen molar-refractivity contribution in [2.45, 2.75) is 0 Å². The van der Waals surface area contributed by atoms with Crippen LogP contribution in [0, 0.1) is 0 Å². The minimum atomic E-state index is 0.0851. The van der Waals surface area contributed by atoms with Crippen LogP contribution in [0.25, 0.3) is 234 Å². The van der Waals surface area contributed by atoms with E-state index in [9.17, 15) is 30.6 Å². The van der Waals surface area contributed by atoms with Gasteiger partial charge in [0.15, 0.2) is 0 Å². The van der Waals surface area contributed by atoms with Crippen LogP contribution in [0.15, 0.2) is 510 Å². The van der Waals surface area contributed by atoms with Crippen molar-refractivity contribution in [1.82, 2.24) is 0 Å². The molecule has 22 rings (SSSR count). The van der Waals surface area contributed by atoms with E-state index in [1.54, 1.807) is 72.8 Å². The Balaban J connectivity index is 1.18. The molecule has 0 aliphatic carbocycles. The number of aromatic hydroxyl groups is 6. The van der Waals surface area contributed by atoms with E-state index in [-0.39, 0.29) is 34.5 Å². The molecule has 6 heteroatoms. The van der Waals surface area contributed by atoms with Gasteiger partial charge in [-0.05, 0) is 306 Å². The fourth-order valence-electron chi connectivity index (χ4n) is 20.7. The highest BCUT2D eigenvalue weighted by Gasteiger charge is 2.42. The predicted octanol–water partition coefficient (Wildman–Crippen LogP) is 34.9. The number of hydrogen-bond acceptors (Lipinski definition) is 6. The maximum atomic E-state index is 12.0. The zero-order valence-corrected chi connectivity index (χ0v) is 75.2. The Morgan fingerprint density at radius 1 is 0.0652 bits per heavy atom. The molecule has 0 unspecified atom stereocenters. The highest BCUT2D eigenvalue weighted by atomic mass is 16.3. The topological polar surface area (TPSA) is 121 Å². The molecule has 0 amide bonds. The maximum Gasteiger partial charge on any atom is 0.115 e. The van der Waals surface area contributed by atoms with Gasteiger partial charge in [0, 0.05) is 0 Å². The molecular weight excluding hydrogens is 1680 g/mol. The van der Waals surface area contributed by atoms with Crippen molar-refractivity contribution in [3.63, 3.8) is 0 Å². The van der Waals surface area contributed by atoms with Gasteiger partial charge < -0.3 is 30.6 Å². The van der Waals surface area contributed by atoms with E-state index in [2.05, 4.69) is 364 Å². The third-order valence-electron chi connectivity index (χ3n) is 26.4. The summed E-state index contributed by atoms with van der Waals surface area (Å²) in [5, 5.41) is 71.5. The van der Waals surface area contributed by atoms with Crippen LogP contribution in [0.3, 0.4) is 0 Å². The van der Waals surface area contributed by atoms with Gasteiger partial charge in [-0.2, -0.15) is 0 Å². The molecule has 0 spiro atoms. The summed E-state index contributed by atoms with van der Waals surface area (Å²) < 4.78 is 0. The van der Waals surface area contributed by atoms with Crippen LogP contribution in [-0.2, 0) is 0 Å². The SMILES string of the molecule is Oc1ccc(-c2c(-c3ccccc3)c(-c3ccccc3)c(-c3c(-c4ccccc4)c(-c4c(-c5ccccc5)c(-c5ccccc5)c(-c5ccc(O)cc5)c(-c5ccc(O)cc5)c4-c4ccccc4)c(-c4ccccc4)c(-c4c(-c5ccccc5)c(-c5ccccc5)c(-c5ccc(O)cc5)c(-c5ccc(O)cc5)c4-c4ccccc4)c3-c3ccccc3)c(-c3ccccc3)c2-c2ccc(O)cc2)cc1. The van der Waals surface area contributed by atoms with Crippen molar-refractivity contribution >= 4 is 0 Å². The second kappa shape index (κ2) is 37.4. The molecule has 0 saturated carbocycles. The van der Waals surface area contributed by atoms with Gasteiger partial charge in [-0.25, -0.2) is 0 Å². The molecule has 0 bridgehead atoms. The minimum absolute atomic E-state index is 0.0851. The van der Waals surface area contributed by atoms with Gasteiger partial charge in [0.05, 0.1) is 0 Å². The van der Waals surface area contributed by atoms with Crippen molar-refractivity contribution in [1.29, 1.82) is 0 Å². The Hall–Kier alpha value is -18.4. The fourth-order valence-corrected chi connectivity index (χ4v) is 20.7. The van der Waals surface area contributed by atoms with Crippen molar-refractivity contribution in [3.8, 4) is 268 Å². The van der Waals surface area contributed by atoms with Crippen LogP contribution in [0.5, 0.6) is 34.5 Å². The van der Waals surface area contributed by atoms with Gasteiger partial charge in [-0.1, -0.05) is 437 Å². The number of phenols is 6. The minimum Gasteiger partial charge on any atom is -0.508 e. The number of hydrogen-bond donors (Lipinski definition) is 6. The molecular formula is C132H90O6. The first-order chi connectivity index (χ1) is 68.1. The molecule has 0 aliphatic rings. The van der Waals surface area contributed by atoms with Gasteiger partial charge in [0.1, 0.15) is 34.5 Å². The largest absolute Gasteiger partial charge is 0.508 e. The zero-order chi connectivity index (χ0) is 93.1. The molecule has 6 N–H and O–H groups in total. The monoisotopic (exact) mass is 1770 g/mol. The van der Waals surface area contributed by atoms with E-state index in [0.29, 0.717) is 0 Å². The van der Waals surface area contributed by atoms with E-state index in [0.717, 1.165) is 234 Å². The van der Waals surface area contributed by atoms with Gasteiger partial charge in [0.25, 0.3) is 0 Å². The van der Waals surface area contributed by atoms with Crippen molar-refractivity contribution in [2.75, 3.05) is 0 Å². The smallest absolute Gasteiger partial charge is 0.115 e. The van der Waals surface area contributed by atoms with Crippen LogP contribution in [0.2, 0.25) is 0 Å². The Bertz CT molecular complexity index is 7370. The lowest BCUT2D eigenvalue weighted by Crippen LogP contribution is -2.10. The molecule has 0 heterocycles. The van der Waals surface area contributed by atoms with Crippen LogP contribution in [-0.4, -0.2) is 30.6 Å². The Labute approximate surface area is 802 Å². The highest BCUT2D eigenvalue weighted by Crippen LogP contribution is 2.69. The first kappa shape index (κ1) is 85.1. The molecule has 6 nitrogen and oxygen atoms in total. The average molecular weight is 1770 g/mol. The molecule has 0 aromatic heterocycles. The van der Waals surface area contributed by atoms with Crippen LogP contribution in [0.4, 0.5) is 0 Å². The normalized spacial score (nSPS) is 11.2. The maximum absolute atomic E-state index is 12.0. The molecule has 0 fully saturated rings.